The van der Waals surface area contributed by atoms with Gasteiger partial charge in [-0.25, -0.2) is 4.98 Å². The van der Waals surface area contributed by atoms with E-state index in [2.05, 4.69) is 27.2 Å². The Labute approximate surface area is 166 Å². The van der Waals surface area contributed by atoms with Gasteiger partial charge in [0, 0.05) is 32.0 Å². The number of rotatable bonds is 10. The summed E-state index contributed by atoms with van der Waals surface area (Å²) in [6.07, 6.45) is 10.8. The molecule has 1 aliphatic rings. The largest absolute Gasteiger partial charge is 0.493 e. The highest BCUT2D eigenvalue weighted by Crippen LogP contribution is 2.33. The van der Waals surface area contributed by atoms with Crippen molar-refractivity contribution in [3.63, 3.8) is 0 Å². The molecule has 152 valence electrons. The lowest BCUT2D eigenvalue weighted by Crippen LogP contribution is -2.31. The molecule has 7 nitrogen and oxygen atoms in total. The number of aryl methyl sites for hydroxylation is 1. The third kappa shape index (κ3) is 5.04. The molecule has 1 N–H and O–H groups in total. The summed E-state index contributed by atoms with van der Waals surface area (Å²) in [5.41, 5.74) is 2.72. The topological polar surface area (TPSA) is 72.1 Å². The summed E-state index contributed by atoms with van der Waals surface area (Å²) >= 11 is 0. The van der Waals surface area contributed by atoms with Crippen LogP contribution in [0.3, 0.4) is 0 Å². The summed E-state index contributed by atoms with van der Waals surface area (Å²) in [5.74, 6) is 2.33. The number of aromatic nitrogens is 2. The van der Waals surface area contributed by atoms with Crippen LogP contribution in [0.2, 0.25) is 0 Å². The van der Waals surface area contributed by atoms with Crippen molar-refractivity contribution in [3.8, 4) is 11.5 Å². The fourth-order valence-corrected chi connectivity index (χ4v) is 3.79. The molecule has 0 atom stereocenters. The van der Waals surface area contributed by atoms with Gasteiger partial charge in [-0.15, -0.1) is 0 Å². The van der Waals surface area contributed by atoms with Crippen molar-refractivity contribution in [2.45, 2.75) is 45.2 Å². The molecule has 1 aromatic heterocycles. The molecule has 0 bridgehead atoms. The SMILES string of the molecule is COc1cc2c(cc1OC)CN(CCCCCCn1ccnc1/C=N/O)CC2. The number of oxime groups is 1. The molecule has 0 amide bonds. The van der Waals surface area contributed by atoms with Crippen molar-refractivity contribution >= 4 is 6.21 Å². The Balaban J connectivity index is 1.39. The highest BCUT2D eigenvalue weighted by molar-refractivity contribution is 5.74. The summed E-state index contributed by atoms with van der Waals surface area (Å²) in [5, 5.41) is 11.7. The molecule has 0 unspecified atom stereocenters. The maximum Gasteiger partial charge on any atom is 0.161 e. The van der Waals surface area contributed by atoms with E-state index in [0.29, 0.717) is 5.82 Å². The number of benzene rings is 1. The van der Waals surface area contributed by atoms with Gasteiger partial charge in [-0.1, -0.05) is 18.0 Å². The van der Waals surface area contributed by atoms with Gasteiger partial charge in [0.25, 0.3) is 0 Å². The number of methoxy groups -OCH3 is 2. The molecular weight excluding hydrogens is 356 g/mol. The van der Waals surface area contributed by atoms with Gasteiger partial charge in [0.05, 0.1) is 14.2 Å². The Morgan fingerprint density at radius 2 is 1.79 bits per heavy atom. The van der Waals surface area contributed by atoms with Gasteiger partial charge in [-0.3, -0.25) is 4.90 Å². The van der Waals surface area contributed by atoms with Crippen molar-refractivity contribution in [1.82, 2.24) is 14.5 Å². The zero-order valence-corrected chi connectivity index (χ0v) is 16.8. The predicted octanol–water partition coefficient (Wildman–Crippen LogP) is 3.33. The third-order valence-electron chi connectivity index (χ3n) is 5.34. The Morgan fingerprint density at radius 3 is 2.50 bits per heavy atom. The molecule has 1 aliphatic heterocycles. The van der Waals surface area contributed by atoms with Gasteiger partial charge in [0.15, 0.2) is 17.3 Å². The first-order chi connectivity index (χ1) is 13.7. The monoisotopic (exact) mass is 386 g/mol. The molecule has 0 saturated heterocycles. The number of nitrogens with zero attached hydrogens (tertiary/aromatic N) is 4. The minimum Gasteiger partial charge on any atom is -0.493 e. The van der Waals surface area contributed by atoms with Crippen molar-refractivity contribution in [2.75, 3.05) is 27.3 Å². The maximum atomic E-state index is 8.64. The number of unbranched alkanes of at least 4 members (excludes halogenated alkanes) is 3. The van der Waals surface area contributed by atoms with Crippen molar-refractivity contribution in [1.29, 1.82) is 0 Å². The molecule has 0 aliphatic carbocycles. The van der Waals surface area contributed by atoms with Gasteiger partial charge in [0.1, 0.15) is 6.21 Å². The van der Waals surface area contributed by atoms with E-state index in [0.717, 1.165) is 50.5 Å². The summed E-state index contributed by atoms with van der Waals surface area (Å²) in [6, 6.07) is 4.25. The third-order valence-corrected chi connectivity index (χ3v) is 5.34. The molecule has 7 heteroatoms. The van der Waals surface area contributed by atoms with Gasteiger partial charge in [-0.05, 0) is 49.1 Å². The molecule has 0 fully saturated rings. The van der Waals surface area contributed by atoms with Crippen LogP contribution in [0.1, 0.15) is 42.6 Å². The molecule has 0 radical (unpaired) electrons. The lowest BCUT2D eigenvalue weighted by atomic mass is 9.98. The van der Waals surface area contributed by atoms with Crippen LogP contribution in [-0.2, 0) is 19.5 Å². The zero-order valence-electron chi connectivity index (χ0n) is 16.8. The summed E-state index contributed by atoms with van der Waals surface area (Å²) in [4.78, 5) is 6.68. The van der Waals surface area contributed by atoms with E-state index in [1.54, 1.807) is 20.4 Å². The Bertz CT molecular complexity index is 788. The first-order valence-electron chi connectivity index (χ1n) is 9.90. The fraction of sp³-hybridized carbons (Fsp3) is 0.524. The van der Waals surface area contributed by atoms with Gasteiger partial charge in [-0.2, -0.15) is 0 Å². The second kappa shape index (κ2) is 10.1. The molecule has 1 aromatic carbocycles. The standard InChI is InChI=1S/C21H30N4O3/c1-27-19-13-17-7-11-24(16-18(17)14-20(19)28-2)9-5-3-4-6-10-25-12-8-22-21(25)15-23-26/h8,12-15,26H,3-7,9-11,16H2,1-2H3/b23-15+. The lowest BCUT2D eigenvalue weighted by molar-refractivity contribution is 0.246. The molecule has 0 saturated carbocycles. The van der Waals surface area contributed by atoms with Crippen molar-refractivity contribution in [3.05, 3.63) is 41.5 Å². The van der Waals surface area contributed by atoms with Gasteiger partial charge >= 0.3 is 0 Å². The molecule has 2 heterocycles. The van der Waals surface area contributed by atoms with Crippen molar-refractivity contribution < 1.29 is 14.7 Å². The number of fused-ring (bicyclic) bond motifs is 1. The number of hydrogen-bond donors (Lipinski definition) is 1. The van der Waals surface area contributed by atoms with E-state index >= 15 is 0 Å². The zero-order chi connectivity index (χ0) is 19.8. The Morgan fingerprint density at radius 1 is 1.07 bits per heavy atom. The van der Waals surface area contributed by atoms with Crippen LogP contribution in [0, 0.1) is 0 Å². The van der Waals surface area contributed by atoms with E-state index in [9.17, 15) is 0 Å². The summed E-state index contributed by atoms with van der Waals surface area (Å²) in [7, 11) is 3.38. The van der Waals surface area contributed by atoms with E-state index in [4.69, 9.17) is 14.7 Å². The maximum absolute atomic E-state index is 8.64. The van der Waals surface area contributed by atoms with Crippen LogP contribution in [0.25, 0.3) is 0 Å². The van der Waals surface area contributed by atoms with Gasteiger partial charge in [0.2, 0.25) is 0 Å². The molecular formula is C21H30N4O3. The predicted molar refractivity (Wildman–Crippen MR) is 109 cm³/mol. The highest BCUT2D eigenvalue weighted by atomic mass is 16.5. The highest BCUT2D eigenvalue weighted by Gasteiger charge is 2.19. The van der Waals surface area contributed by atoms with Crippen LogP contribution in [0.15, 0.2) is 29.7 Å². The van der Waals surface area contributed by atoms with Crippen LogP contribution in [-0.4, -0.2) is 53.2 Å². The first-order valence-corrected chi connectivity index (χ1v) is 9.90. The number of ether oxygens (including phenoxy) is 2. The first kappa shape index (κ1) is 20.2. The van der Waals surface area contributed by atoms with Gasteiger partial charge < -0.3 is 19.2 Å². The number of imidazole rings is 1. The fourth-order valence-electron chi connectivity index (χ4n) is 3.79. The summed E-state index contributed by atoms with van der Waals surface area (Å²) in [6.45, 7) is 4.11. The second-order valence-corrected chi connectivity index (χ2v) is 7.14. The normalized spacial score (nSPS) is 14.4. The average Bonchev–Trinajstić information content (AvgIpc) is 3.16. The lowest BCUT2D eigenvalue weighted by Gasteiger charge is -2.29. The Kier molecular flexibility index (Phi) is 7.31. The van der Waals surface area contributed by atoms with E-state index in [-0.39, 0.29) is 0 Å². The molecule has 0 spiro atoms. The van der Waals surface area contributed by atoms with Crippen LogP contribution < -0.4 is 9.47 Å². The second-order valence-electron chi connectivity index (χ2n) is 7.14. The summed E-state index contributed by atoms with van der Waals surface area (Å²) < 4.78 is 12.9. The minimum atomic E-state index is 0.696. The van der Waals surface area contributed by atoms with Crippen LogP contribution >= 0.6 is 0 Å². The van der Waals surface area contributed by atoms with Crippen LogP contribution in [0.4, 0.5) is 0 Å². The number of hydrogen-bond acceptors (Lipinski definition) is 6. The van der Waals surface area contributed by atoms with E-state index in [1.165, 1.54) is 36.6 Å². The van der Waals surface area contributed by atoms with E-state index < -0.39 is 0 Å². The Hall–Kier alpha value is -2.54. The smallest absolute Gasteiger partial charge is 0.161 e. The molecule has 2 aromatic rings. The van der Waals surface area contributed by atoms with E-state index in [1.807, 2.05) is 10.8 Å². The van der Waals surface area contributed by atoms with Crippen molar-refractivity contribution in [2.24, 2.45) is 5.16 Å². The quantitative estimate of drug-likeness (QED) is 0.293. The minimum absolute atomic E-state index is 0.696. The average molecular weight is 386 g/mol. The molecule has 3 rings (SSSR count). The van der Waals surface area contributed by atoms with Crippen LogP contribution in [0.5, 0.6) is 11.5 Å². The molecule has 28 heavy (non-hydrogen) atoms.